The van der Waals surface area contributed by atoms with Gasteiger partial charge in [0.1, 0.15) is 5.75 Å². The first-order valence-corrected chi connectivity index (χ1v) is 6.79. The first-order chi connectivity index (χ1) is 9.29. The minimum Gasteiger partial charge on any atom is -0.482 e. The molecule has 19 heavy (non-hydrogen) atoms. The van der Waals surface area contributed by atoms with E-state index >= 15 is 0 Å². The van der Waals surface area contributed by atoms with Crippen LogP contribution in [0.1, 0.15) is 12.8 Å². The van der Waals surface area contributed by atoms with Crippen LogP contribution in [0.2, 0.25) is 0 Å². The number of allylic oxidation sites excluding steroid dienone is 1. The topological polar surface area (TPSA) is 50.4 Å². The molecule has 2 aliphatic carbocycles. The fourth-order valence-electron chi connectivity index (χ4n) is 3.27. The number of hydrogen-bond donors (Lipinski definition) is 2. The molecule has 1 amide bonds. The fraction of sp³-hybridized carbons (Fsp3) is 0.400. The van der Waals surface area contributed by atoms with Crippen LogP contribution in [0.25, 0.3) is 0 Å². The maximum atomic E-state index is 11.3. The molecular formula is C15H16N2O2. The number of amides is 1. The van der Waals surface area contributed by atoms with Crippen molar-refractivity contribution in [3.63, 3.8) is 0 Å². The van der Waals surface area contributed by atoms with Gasteiger partial charge in [0.2, 0.25) is 0 Å². The second kappa shape index (κ2) is 4.02. The predicted molar refractivity (Wildman–Crippen MR) is 73.3 cm³/mol. The van der Waals surface area contributed by atoms with Gasteiger partial charge in [-0.3, -0.25) is 4.79 Å². The minimum absolute atomic E-state index is 0.0907. The lowest BCUT2D eigenvalue weighted by Crippen LogP contribution is -2.43. The van der Waals surface area contributed by atoms with Crippen LogP contribution in [0.4, 0.5) is 11.4 Å². The summed E-state index contributed by atoms with van der Waals surface area (Å²) in [7, 11) is 0. The number of nitrogens with one attached hydrogen (secondary N) is 2. The molecule has 4 heteroatoms. The summed E-state index contributed by atoms with van der Waals surface area (Å²) in [5.41, 5.74) is 1.81. The molecule has 0 aromatic heterocycles. The van der Waals surface area contributed by atoms with E-state index in [-0.39, 0.29) is 12.5 Å². The quantitative estimate of drug-likeness (QED) is 0.799. The van der Waals surface area contributed by atoms with Gasteiger partial charge in [-0.2, -0.15) is 0 Å². The van der Waals surface area contributed by atoms with Crippen LogP contribution in [0.3, 0.4) is 0 Å². The molecule has 1 aliphatic heterocycles. The lowest BCUT2D eigenvalue weighted by molar-refractivity contribution is -0.118. The summed E-state index contributed by atoms with van der Waals surface area (Å²) in [6.07, 6.45) is 7.08. The molecule has 3 unspecified atom stereocenters. The predicted octanol–water partition coefficient (Wildman–Crippen LogP) is 2.39. The summed E-state index contributed by atoms with van der Waals surface area (Å²) in [6, 6.07) is 6.42. The van der Waals surface area contributed by atoms with Crippen LogP contribution in [0.15, 0.2) is 30.4 Å². The van der Waals surface area contributed by atoms with E-state index in [4.69, 9.17) is 4.74 Å². The van der Waals surface area contributed by atoms with Gasteiger partial charge in [0.25, 0.3) is 5.91 Å². The molecule has 1 aromatic rings. The van der Waals surface area contributed by atoms with Gasteiger partial charge < -0.3 is 15.4 Å². The summed E-state index contributed by atoms with van der Waals surface area (Å²) in [5, 5.41) is 6.39. The van der Waals surface area contributed by atoms with Crippen molar-refractivity contribution in [2.75, 3.05) is 17.2 Å². The average Bonchev–Trinajstić information content (AvgIpc) is 2.77. The van der Waals surface area contributed by atoms with Crippen LogP contribution >= 0.6 is 0 Å². The molecule has 0 bridgehead atoms. The van der Waals surface area contributed by atoms with Gasteiger partial charge in [-0.15, -0.1) is 0 Å². The van der Waals surface area contributed by atoms with E-state index in [0.29, 0.717) is 12.0 Å². The van der Waals surface area contributed by atoms with E-state index in [2.05, 4.69) is 22.8 Å². The zero-order chi connectivity index (χ0) is 12.8. The standard InChI is InChI=1S/C15H16N2O2/c18-15-8-19-14-5-4-10(7-13(14)17-15)16-12-6-9-2-1-3-11(9)12/h1,3-5,7,9,11-12,16H,2,6,8H2,(H,17,18). The fourth-order valence-corrected chi connectivity index (χ4v) is 3.27. The van der Waals surface area contributed by atoms with Crippen LogP contribution < -0.4 is 15.4 Å². The van der Waals surface area contributed by atoms with E-state index in [1.807, 2.05) is 18.2 Å². The number of benzene rings is 1. The van der Waals surface area contributed by atoms with Gasteiger partial charge in [-0.25, -0.2) is 0 Å². The number of rotatable bonds is 2. The van der Waals surface area contributed by atoms with Gasteiger partial charge in [0, 0.05) is 17.6 Å². The maximum Gasteiger partial charge on any atom is 0.262 e. The maximum absolute atomic E-state index is 11.3. The zero-order valence-electron chi connectivity index (χ0n) is 10.6. The highest BCUT2D eigenvalue weighted by Gasteiger charge is 2.40. The Morgan fingerprint density at radius 3 is 3.21 bits per heavy atom. The molecule has 1 aromatic carbocycles. The molecular weight excluding hydrogens is 240 g/mol. The molecule has 1 saturated carbocycles. The Labute approximate surface area is 111 Å². The van der Waals surface area contributed by atoms with Crippen molar-refractivity contribution in [2.45, 2.75) is 18.9 Å². The number of fused-ring (bicyclic) bond motifs is 2. The molecule has 2 N–H and O–H groups in total. The van der Waals surface area contributed by atoms with E-state index < -0.39 is 0 Å². The molecule has 0 saturated heterocycles. The molecule has 98 valence electrons. The highest BCUT2D eigenvalue weighted by molar-refractivity contribution is 5.96. The van der Waals surface area contributed by atoms with Crippen LogP contribution in [-0.4, -0.2) is 18.6 Å². The number of hydrogen-bond acceptors (Lipinski definition) is 3. The van der Waals surface area contributed by atoms with Gasteiger partial charge in [0.15, 0.2) is 6.61 Å². The van der Waals surface area contributed by atoms with Crippen molar-refractivity contribution in [3.8, 4) is 5.75 Å². The Hall–Kier alpha value is -1.97. The summed E-state index contributed by atoms with van der Waals surface area (Å²) >= 11 is 0. The second-order valence-corrected chi connectivity index (χ2v) is 5.54. The SMILES string of the molecule is O=C1COc2ccc(NC3CC4CC=CC43)cc2N1. The molecule has 1 fully saturated rings. The van der Waals surface area contributed by atoms with Crippen molar-refractivity contribution in [2.24, 2.45) is 11.8 Å². The third-order valence-corrected chi connectivity index (χ3v) is 4.33. The number of anilines is 2. The Morgan fingerprint density at radius 1 is 1.37 bits per heavy atom. The first-order valence-electron chi connectivity index (χ1n) is 6.79. The van der Waals surface area contributed by atoms with Gasteiger partial charge in [-0.05, 0) is 37.0 Å². The Balaban J connectivity index is 1.51. The van der Waals surface area contributed by atoms with Crippen molar-refractivity contribution in [3.05, 3.63) is 30.4 Å². The molecule has 0 spiro atoms. The average molecular weight is 256 g/mol. The third-order valence-electron chi connectivity index (χ3n) is 4.33. The van der Waals surface area contributed by atoms with Crippen molar-refractivity contribution in [1.29, 1.82) is 0 Å². The van der Waals surface area contributed by atoms with Crippen molar-refractivity contribution in [1.82, 2.24) is 0 Å². The highest BCUT2D eigenvalue weighted by Crippen LogP contribution is 2.44. The Bertz CT molecular complexity index is 567. The lowest BCUT2D eigenvalue weighted by atomic mass is 9.71. The molecule has 3 atom stereocenters. The third kappa shape index (κ3) is 1.79. The van der Waals surface area contributed by atoms with E-state index in [9.17, 15) is 4.79 Å². The van der Waals surface area contributed by atoms with Crippen LogP contribution in [-0.2, 0) is 4.79 Å². The molecule has 1 heterocycles. The smallest absolute Gasteiger partial charge is 0.262 e. The summed E-state index contributed by atoms with van der Waals surface area (Å²) in [4.78, 5) is 11.3. The molecule has 4 rings (SSSR count). The van der Waals surface area contributed by atoms with Crippen molar-refractivity contribution < 1.29 is 9.53 Å². The number of ether oxygens (including phenoxy) is 1. The van der Waals surface area contributed by atoms with Gasteiger partial charge in [0.05, 0.1) is 5.69 Å². The monoisotopic (exact) mass is 256 g/mol. The highest BCUT2D eigenvalue weighted by atomic mass is 16.5. The Kier molecular flexibility index (Phi) is 2.31. The van der Waals surface area contributed by atoms with E-state index in [0.717, 1.165) is 23.0 Å². The molecule has 3 aliphatic rings. The Morgan fingerprint density at radius 2 is 2.32 bits per heavy atom. The second-order valence-electron chi connectivity index (χ2n) is 5.54. The first kappa shape index (κ1) is 10.9. The van der Waals surface area contributed by atoms with Gasteiger partial charge >= 0.3 is 0 Å². The number of carbonyl (C=O) groups is 1. The summed E-state index contributed by atoms with van der Waals surface area (Å²) in [5.74, 6) is 2.18. The summed E-state index contributed by atoms with van der Waals surface area (Å²) < 4.78 is 5.35. The number of carbonyl (C=O) groups excluding carboxylic acids is 1. The van der Waals surface area contributed by atoms with Crippen LogP contribution in [0, 0.1) is 11.8 Å². The van der Waals surface area contributed by atoms with E-state index in [1.165, 1.54) is 12.8 Å². The largest absolute Gasteiger partial charge is 0.482 e. The van der Waals surface area contributed by atoms with E-state index in [1.54, 1.807) is 0 Å². The van der Waals surface area contributed by atoms with Crippen molar-refractivity contribution >= 4 is 17.3 Å². The van der Waals surface area contributed by atoms with Gasteiger partial charge in [-0.1, -0.05) is 12.2 Å². The molecule has 0 radical (unpaired) electrons. The zero-order valence-corrected chi connectivity index (χ0v) is 10.6. The normalized spacial score (nSPS) is 30.7. The summed E-state index contributed by atoms with van der Waals surface area (Å²) in [6.45, 7) is 0.108. The minimum atomic E-state index is -0.0907. The van der Waals surface area contributed by atoms with Crippen LogP contribution in [0.5, 0.6) is 5.75 Å². The lowest BCUT2D eigenvalue weighted by Gasteiger charge is -2.41. The molecule has 4 nitrogen and oxygen atoms in total.